The Morgan fingerprint density at radius 1 is 0.778 bits per heavy atom. The van der Waals surface area contributed by atoms with Crippen molar-refractivity contribution in [2.75, 3.05) is 13.3 Å². The Kier molecular flexibility index (Phi) is 10.0. The fourth-order valence-electron chi connectivity index (χ4n) is 2.22. The van der Waals surface area contributed by atoms with E-state index < -0.39 is 37.6 Å². The van der Waals surface area contributed by atoms with Crippen molar-refractivity contribution < 1.29 is 27.4 Å². The number of rotatable bonds is 10. The van der Waals surface area contributed by atoms with Gasteiger partial charge in [0.15, 0.2) is 0 Å². The van der Waals surface area contributed by atoms with Gasteiger partial charge in [-0.05, 0) is 39.3 Å². The Hall–Kier alpha value is -2.13. The number of carbonyl (C=O) groups excluding carboxylic acids is 4. The molecular weight excluding hydrogens is 408 g/mol. The van der Waals surface area contributed by atoms with E-state index in [1.807, 2.05) is 13.1 Å². The minimum Gasteiger partial charge on any atom is -0.420 e. The quantitative estimate of drug-likeness (QED) is 0.220. The highest BCUT2D eigenvalue weighted by molar-refractivity contribution is 6.87. The average molecular weight is 435 g/mol. The average Bonchev–Trinajstić information content (AvgIpc) is 2.43. The maximum Gasteiger partial charge on any atom is 0.313 e. The standard InChI is InChI=1S/C12H26N6O6Si3/c1-25(2,17-11(21)15-7-13-9-19)23-27(5,6)24-26(3,4)18-12(22)16-8-14-10-20/h7-8H2,1-6H3,(H2,15,17,21)(H2,16,18,22). The van der Waals surface area contributed by atoms with Crippen LogP contribution >= 0.6 is 0 Å². The summed E-state index contributed by atoms with van der Waals surface area (Å²) in [7, 11) is -8.03. The molecule has 4 N–H and O–H groups in total. The van der Waals surface area contributed by atoms with Crippen molar-refractivity contribution >= 4 is 49.7 Å². The maximum absolute atomic E-state index is 11.8. The number of urea groups is 2. The van der Waals surface area contributed by atoms with Gasteiger partial charge in [0.05, 0.1) is 0 Å². The fourth-order valence-corrected chi connectivity index (χ4v) is 14.3. The zero-order valence-corrected chi connectivity index (χ0v) is 19.3. The van der Waals surface area contributed by atoms with Crippen LogP contribution in [0.15, 0.2) is 9.98 Å². The zero-order chi connectivity index (χ0) is 21.1. The highest BCUT2D eigenvalue weighted by Crippen LogP contribution is 2.18. The van der Waals surface area contributed by atoms with E-state index >= 15 is 0 Å². The lowest BCUT2D eigenvalue weighted by Crippen LogP contribution is -2.64. The molecule has 0 bridgehead atoms. The van der Waals surface area contributed by atoms with Crippen molar-refractivity contribution in [3.63, 3.8) is 0 Å². The van der Waals surface area contributed by atoms with Gasteiger partial charge in [-0.2, -0.15) is 9.98 Å². The molecule has 0 aromatic carbocycles. The van der Waals surface area contributed by atoms with Crippen LogP contribution in [0, 0.1) is 0 Å². The summed E-state index contributed by atoms with van der Waals surface area (Å²) in [6.45, 7) is 10.4. The minimum atomic E-state index is -2.72. The molecule has 0 saturated carbocycles. The van der Waals surface area contributed by atoms with Gasteiger partial charge in [-0.1, -0.05) is 0 Å². The smallest absolute Gasteiger partial charge is 0.313 e. The Morgan fingerprint density at radius 3 is 1.41 bits per heavy atom. The molecule has 0 atom stereocenters. The first-order valence-corrected chi connectivity index (χ1v) is 16.6. The number of nitrogens with one attached hydrogen (secondary N) is 4. The second-order valence-corrected chi connectivity index (χ2v) is 17.7. The van der Waals surface area contributed by atoms with E-state index in [1.54, 1.807) is 26.2 Å². The summed E-state index contributed by atoms with van der Waals surface area (Å²) in [5.74, 6) is 0. The molecule has 0 saturated heterocycles. The molecule has 0 aliphatic rings. The third kappa shape index (κ3) is 12.8. The largest absolute Gasteiger partial charge is 0.420 e. The SMILES string of the molecule is C[Si](C)(NC(=O)NCN=C=O)O[Si](C)(C)O[Si](C)(C)NC(=O)NCN=C=O. The van der Waals surface area contributed by atoms with Crippen molar-refractivity contribution in [1.29, 1.82) is 0 Å². The van der Waals surface area contributed by atoms with Gasteiger partial charge >= 0.3 is 20.6 Å². The Balaban J connectivity index is 4.73. The maximum atomic E-state index is 11.8. The Labute approximate surface area is 160 Å². The first kappa shape index (κ1) is 24.9. The number of nitrogens with zero attached hydrogens (tertiary/aromatic N) is 2. The first-order chi connectivity index (χ1) is 12.3. The highest BCUT2D eigenvalue weighted by atomic mass is 28.5. The van der Waals surface area contributed by atoms with Gasteiger partial charge in [-0.25, -0.2) is 19.2 Å². The number of carbonyl (C=O) groups is 2. The number of aliphatic imine (C=N–C) groups is 2. The molecule has 0 aromatic rings. The summed E-state index contributed by atoms with van der Waals surface area (Å²) in [6.07, 6.45) is 2.64. The van der Waals surface area contributed by atoms with Crippen LogP contribution in [-0.4, -0.2) is 63.1 Å². The molecule has 0 heterocycles. The second-order valence-electron chi connectivity index (χ2n) is 6.70. The van der Waals surface area contributed by atoms with Crippen molar-refractivity contribution in [2.45, 2.75) is 39.3 Å². The van der Waals surface area contributed by atoms with E-state index in [4.69, 9.17) is 8.23 Å². The lowest BCUT2D eigenvalue weighted by atomic mass is 10.9. The molecule has 12 nitrogen and oxygen atoms in total. The van der Waals surface area contributed by atoms with E-state index in [0.29, 0.717) is 0 Å². The summed E-state index contributed by atoms with van der Waals surface area (Å²) in [4.78, 5) is 55.5. The summed E-state index contributed by atoms with van der Waals surface area (Å²) in [5, 5.41) is 4.76. The second kappa shape index (κ2) is 10.9. The third-order valence-corrected chi connectivity index (χ3v) is 12.3. The fraction of sp³-hybridized carbons (Fsp3) is 0.667. The molecule has 0 spiro atoms. The van der Waals surface area contributed by atoms with E-state index in [0.717, 1.165) is 0 Å². The van der Waals surface area contributed by atoms with Gasteiger partial charge in [0.1, 0.15) is 13.3 Å². The van der Waals surface area contributed by atoms with E-state index in [9.17, 15) is 19.2 Å². The number of amides is 4. The van der Waals surface area contributed by atoms with Crippen LogP contribution in [0.5, 0.6) is 0 Å². The monoisotopic (exact) mass is 434 g/mol. The molecule has 0 rings (SSSR count). The molecule has 0 fully saturated rings. The number of hydrogen-bond acceptors (Lipinski definition) is 8. The highest BCUT2D eigenvalue weighted by Gasteiger charge is 2.41. The first-order valence-electron chi connectivity index (χ1n) is 7.92. The normalized spacial score (nSPS) is 11.5. The van der Waals surface area contributed by atoms with Crippen LogP contribution in [0.1, 0.15) is 0 Å². The number of hydrogen-bond donors (Lipinski definition) is 4. The van der Waals surface area contributed by atoms with Gasteiger partial charge in [-0.3, -0.25) is 0 Å². The topological polar surface area (TPSA) is 160 Å². The van der Waals surface area contributed by atoms with Gasteiger partial charge in [0, 0.05) is 0 Å². The van der Waals surface area contributed by atoms with E-state index in [-0.39, 0.29) is 13.3 Å². The van der Waals surface area contributed by atoms with Gasteiger partial charge in [-0.15, -0.1) is 0 Å². The van der Waals surface area contributed by atoms with E-state index in [1.165, 1.54) is 12.2 Å². The molecule has 152 valence electrons. The molecule has 0 radical (unpaired) electrons. The molecule has 0 aliphatic heterocycles. The van der Waals surface area contributed by atoms with Crippen LogP contribution in [0.2, 0.25) is 39.3 Å². The van der Waals surface area contributed by atoms with Crippen LogP contribution in [-0.2, 0) is 17.8 Å². The van der Waals surface area contributed by atoms with Crippen molar-refractivity contribution in [3.8, 4) is 0 Å². The molecule has 27 heavy (non-hydrogen) atoms. The van der Waals surface area contributed by atoms with Crippen LogP contribution in [0.3, 0.4) is 0 Å². The Bertz CT molecular complexity index is 579. The van der Waals surface area contributed by atoms with E-state index in [2.05, 4.69) is 30.6 Å². The molecule has 4 amide bonds. The molecule has 15 heteroatoms. The lowest BCUT2D eigenvalue weighted by molar-refractivity contribution is 0.244. The summed E-state index contributed by atoms with van der Waals surface area (Å²) in [5.41, 5.74) is 0. The summed E-state index contributed by atoms with van der Waals surface area (Å²) < 4.78 is 12.2. The van der Waals surface area contributed by atoms with Gasteiger partial charge in [0.2, 0.25) is 12.2 Å². The lowest BCUT2D eigenvalue weighted by Gasteiger charge is -2.38. The third-order valence-electron chi connectivity index (χ3n) is 2.60. The van der Waals surface area contributed by atoms with Crippen LogP contribution in [0.4, 0.5) is 9.59 Å². The zero-order valence-electron chi connectivity index (χ0n) is 16.3. The molecular formula is C12H26N6O6Si3. The molecule has 0 unspecified atom stereocenters. The van der Waals surface area contributed by atoms with Gasteiger partial charge < -0.3 is 28.8 Å². The van der Waals surface area contributed by atoms with Crippen molar-refractivity contribution in [2.24, 2.45) is 9.98 Å². The summed E-state index contributed by atoms with van der Waals surface area (Å²) in [6, 6.07) is -1.03. The molecule has 0 aliphatic carbocycles. The van der Waals surface area contributed by atoms with Crippen LogP contribution < -0.4 is 20.6 Å². The number of isocyanates is 2. The van der Waals surface area contributed by atoms with Gasteiger partial charge in [0.25, 0.3) is 17.0 Å². The minimum absolute atomic E-state index is 0.176. The molecule has 0 aromatic heterocycles. The van der Waals surface area contributed by atoms with Crippen LogP contribution in [0.25, 0.3) is 0 Å². The predicted octanol–water partition coefficient (Wildman–Crippen LogP) is 0.310. The predicted molar refractivity (Wildman–Crippen MR) is 104 cm³/mol. The van der Waals surface area contributed by atoms with Crippen molar-refractivity contribution in [1.82, 2.24) is 20.6 Å². The Morgan fingerprint density at radius 2 is 1.11 bits per heavy atom. The summed E-state index contributed by atoms with van der Waals surface area (Å²) >= 11 is 0. The van der Waals surface area contributed by atoms with Crippen molar-refractivity contribution in [3.05, 3.63) is 0 Å².